The molecule has 0 saturated heterocycles. The van der Waals surface area contributed by atoms with E-state index in [1.54, 1.807) is 19.1 Å². The Morgan fingerprint density at radius 3 is 2.40 bits per heavy atom. The molecule has 2 heterocycles. The van der Waals surface area contributed by atoms with E-state index in [1.165, 1.54) is 17.0 Å². The Hall–Kier alpha value is -3.61. The second-order valence-corrected chi connectivity index (χ2v) is 7.15. The van der Waals surface area contributed by atoms with E-state index in [1.807, 2.05) is 42.5 Å². The van der Waals surface area contributed by atoms with Crippen LogP contribution in [0.1, 0.15) is 11.1 Å². The van der Waals surface area contributed by atoms with Crippen LogP contribution >= 0.6 is 0 Å². The van der Waals surface area contributed by atoms with Gasteiger partial charge in [0.05, 0.1) is 26.2 Å². The molecule has 0 radical (unpaired) electrons. The number of fused-ring (bicyclic) bond motifs is 1. The summed E-state index contributed by atoms with van der Waals surface area (Å²) < 4.78 is 12.1. The molecular weight excluding hydrogens is 382 g/mol. The summed E-state index contributed by atoms with van der Waals surface area (Å²) in [6, 6.07) is 14.8. The molecule has 0 spiro atoms. The molecule has 2 aromatic carbocycles. The van der Waals surface area contributed by atoms with Crippen LogP contribution in [0.2, 0.25) is 0 Å². The first-order valence-corrected chi connectivity index (χ1v) is 9.72. The SMILES string of the molecule is COc1cc2c(cc1OC)CN(C(=O)Cn1cnc(-c3ccccc3)cc1=O)CC2. The molecule has 1 amide bonds. The molecule has 3 aromatic rings. The van der Waals surface area contributed by atoms with Gasteiger partial charge in [0.1, 0.15) is 6.54 Å². The van der Waals surface area contributed by atoms with Gasteiger partial charge in [0, 0.05) is 24.7 Å². The fourth-order valence-corrected chi connectivity index (χ4v) is 3.65. The Bertz CT molecular complexity index is 1130. The number of carbonyl (C=O) groups is 1. The predicted octanol–water partition coefficient (Wildman–Crippen LogP) is 2.51. The lowest BCUT2D eigenvalue weighted by molar-refractivity contribution is -0.132. The molecule has 0 fully saturated rings. The Labute approximate surface area is 174 Å². The van der Waals surface area contributed by atoms with Crippen LogP contribution in [-0.2, 0) is 24.3 Å². The van der Waals surface area contributed by atoms with Crippen molar-refractivity contribution in [2.45, 2.75) is 19.5 Å². The molecule has 4 rings (SSSR count). The van der Waals surface area contributed by atoms with Crippen molar-refractivity contribution in [3.05, 3.63) is 76.3 Å². The monoisotopic (exact) mass is 405 g/mol. The number of hydrogen-bond acceptors (Lipinski definition) is 5. The number of ether oxygens (including phenoxy) is 2. The number of carbonyl (C=O) groups excluding carboxylic acids is 1. The van der Waals surface area contributed by atoms with Crippen LogP contribution in [0.3, 0.4) is 0 Å². The maximum atomic E-state index is 12.8. The Balaban J connectivity index is 1.49. The molecule has 1 aromatic heterocycles. The summed E-state index contributed by atoms with van der Waals surface area (Å²) in [5.74, 6) is 1.21. The molecule has 0 N–H and O–H groups in total. The van der Waals surface area contributed by atoms with Crippen LogP contribution in [0.5, 0.6) is 11.5 Å². The standard InChI is InChI=1S/C23H23N3O4/c1-29-20-10-17-8-9-25(13-18(17)11-21(20)30-2)23(28)14-26-15-24-19(12-22(26)27)16-6-4-3-5-7-16/h3-7,10-12,15H,8-9,13-14H2,1-2H3. The van der Waals surface area contributed by atoms with E-state index in [2.05, 4.69) is 4.98 Å². The second kappa shape index (κ2) is 8.41. The summed E-state index contributed by atoms with van der Waals surface area (Å²) in [6.07, 6.45) is 2.16. The highest BCUT2D eigenvalue weighted by atomic mass is 16.5. The highest BCUT2D eigenvalue weighted by Gasteiger charge is 2.23. The van der Waals surface area contributed by atoms with E-state index >= 15 is 0 Å². The number of methoxy groups -OCH3 is 2. The number of hydrogen-bond donors (Lipinski definition) is 0. The molecule has 154 valence electrons. The summed E-state index contributed by atoms with van der Waals surface area (Å²) in [6.45, 7) is 1.02. The van der Waals surface area contributed by atoms with E-state index in [9.17, 15) is 9.59 Å². The van der Waals surface area contributed by atoms with Crippen molar-refractivity contribution in [3.63, 3.8) is 0 Å². The molecule has 1 aliphatic heterocycles. The van der Waals surface area contributed by atoms with Crippen LogP contribution in [0, 0.1) is 0 Å². The van der Waals surface area contributed by atoms with Gasteiger partial charge < -0.3 is 14.4 Å². The van der Waals surface area contributed by atoms with Gasteiger partial charge in [-0.25, -0.2) is 4.98 Å². The van der Waals surface area contributed by atoms with Crippen molar-refractivity contribution in [2.75, 3.05) is 20.8 Å². The van der Waals surface area contributed by atoms with Gasteiger partial charge in [-0.05, 0) is 29.7 Å². The molecule has 30 heavy (non-hydrogen) atoms. The molecule has 0 unspecified atom stereocenters. The van der Waals surface area contributed by atoms with Gasteiger partial charge in [-0.2, -0.15) is 0 Å². The summed E-state index contributed by atoms with van der Waals surface area (Å²) in [4.78, 5) is 31.5. The predicted molar refractivity (Wildman–Crippen MR) is 113 cm³/mol. The van der Waals surface area contributed by atoms with Crippen molar-refractivity contribution in [2.24, 2.45) is 0 Å². The zero-order valence-corrected chi connectivity index (χ0v) is 17.0. The molecule has 1 aliphatic rings. The van der Waals surface area contributed by atoms with Gasteiger partial charge >= 0.3 is 0 Å². The first-order valence-electron chi connectivity index (χ1n) is 9.72. The highest BCUT2D eigenvalue weighted by molar-refractivity contribution is 5.76. The first-order chi connectivity index (χ1) is 14.6. The van der Waals surface area contributed by atoms with Gasteiger partial charge in [0.2, 0.25) is 5.91 Å². The van der Waals surface area contributed by atoms with Crippen molar-refractivity contribution in [1.82, 2.24) is 14.5 Å². The minimum Gasteiger partial charge on any atom is -0.493 e. The topological polar surface area (TPSA) is 73.7 Å². The third-order valence-corrected chi connectivity index (χ3v) is 5.33. The van der Waals surface area contributed by atoms with Crippen molar-refractivity contribution < 1.29 is 14.3 Å². The van der Waals surface area contributed by atoms with Gasteiger partial charge in [-0.15, -0.1) is 0 Å². The van der Waals surface area contributed by atoms with Crippen LogP contribution in [-0.4, -0.2) is 41.1 Å². The fraction of sp³-hybridized carbons (Fsp3) is 0.261. The molecule has 0 aliphatic carbocycles. The van der Waals surface area contributed by atoms with Crippen molar-refractivity contribution in [1.29, 1.82) is 0 Å². The minimum atomic E-state index is -0.249. The molecule has 0 saturated carbocycles. The number of amides is 1. The van der Waals surface area contributed by atoms with Gasteiger partial charge in [-0.1, -0.05) is 30.3 Å². The van der Waals surface area contributed by atoms with Gasteiger partial charge in [0.15, 0.2) is 11.5 Å². The molecule has 7 nitrogen and oxygen atoms in total. The largest absolute Gasteiger partial charge is 0.493 e. The quantitative estimate of drug-likeness (QED) is 0.652. The van der Waals surface area contributed by atoms with Crippen molar-refractivity contribution >= 4 is 5.91 Å². The van der Waals surface area contributed by atoms with Gasteiger partial charge in [0.25, 0.3) is 5.56 Å². The Morgan fingerprint density at radius 1 is 1.03 bits per heavy atom. The maximum absolute atomic E-state index is 12.8. The summed E-state index contributed by atoms with van der Waals surface area (Å²) in [5.41, 5.74) is 3.38. The van der Waals surface area contributed by atoms with E-state index in [0.717, 1.165) is 23.1 Å². The second-order valence-electron chi connectivity index (χ2n) is 7.15. The number of nitrogens with zero attached hydrogens (tertiary/aromatic N) is 3. The summed E-state index contributed by atoms with van der Waals surface area (Å²) in [5, 5.41) is 0. The molecular formula is C23H23N3O4. The Morgan fingerprint density at radius 2 is 1.73 bits per heavy atom. The normalized spacial score (nSPS) is 12.9. The van der Waals surface area contributed by atoms with Crippen LogP contribution in [0.15, 0.2) is 59.7 Å². The van der Waals surface area contributed by atoms with Crippen LogP contribution < -0.4 is 15.0 Å². The fourth-order valence-electron chi connectivity index (χ4n) is 3.65. The Kier molecular flexibility index (Phi) is 5.52. The summed E-state index contributed by atoms with van der Waals surface area (Å²) >= 11 is 0. The minimum absolute atomic E-state index is 0.0382. The lowest BCUT2D eigenvalue weighted by atomic mass is 9.98. The average Bonchev–Trinajstić information content (AvgIpc) is 2.79. The lowest BCUT2D eigenvalue weighted by Crippen LogP contribution is -2.39. The molecule has 7 heteroatoms. The summed E-state index contributed by atoms with van der Waals surface area (Å²) in [7, 11) is 3.20. The zero-order valence-electron chi connectivity index (χ0n) is 17.0. The third-order valence-electron chi connectivity index (χ3n) is 5.33. The van der Waals surface area contributed by atoms with E-state index in [4.69, 9.17) is 9.47 Å². The zero-order chi connectivity index (χ0) is 21.1. The van der Waals surface area contributed by atoms with E-state index < -0.39 is 0 Å². The number of benzene rings is 2. The molecule has 0 bridgehead atoms. The van der Waals surface area contributed by atoms with E-state index in [-0.39, 0.29) is 18.0 Å². The third kappa shape index (κ3) is 3.91. The first kappa shape index (κ1) is 19.7. The van der Waals surface area contributed by atoms with Gasteiger partial charge in [-0.3, -0.25) is 14.2 Å². The van der Waals surface area contributed by atoms with Crippen LogP contribution in [0.25, 0.3) is 11.3 Å². The number of aromatic nitrogens is 2. The molecule has 0 atom stereocenters. The lowest BCUT2D eigenvalue weighted by Gasteiger charge is -2.29. The van der Waals surface area contributed by atoms with E-state index in [0.29, 0.717) is 30.3 Å². The average molecular weight is 405 g/mol. The highest BCUT2D eigenvalue weighted by Crippen LogP contribution is 2.33. The van der Waals surface area contributed by atoms with Crippen molar-refractivity contribution in [3.8, 4) is 22.8 Å². The maximum Gasteiger partial charge on any atom is 0.254 e. The number of rotatable bonds is 5. The van der Waals surface area contributed by atoms with Crippen LogP contribution in [0.4, 0.5) is 0 Å². The smallest absolute Gasteiger partial charge is 0.254 e.